The zero-order chi connectivity index (χ0) is 19.4. The summed E-state index contributed by atoms with van der Waals surface area (Å²) in [5.74, 6) is 2.89. The number of nitrogens with one attached hydrogen (secondary N) is 1. The molecule has 0 aliphatic heterocycles. The maximum atomic E-state index is 12.5. The van der Waals surface area contributed by atoms with Crippen LogP contribution in [-0.4, -0.2) is 32.2 Å². The number of carbonyl (C=O) groups excluding carboxylic acids is 1. The number of amides is 1. The van der Waals surface area contributed by atoms with Crippen molar-refractivity contribution in [1.82, 2.24) is 10.3 Å². The Morgan fingerprint density at radius 3 is 2.41 bits per heavy atom. The first-order valence-electron chi connectivity index (χ1n) is 8.15. The first-order valence-corrected chi connectivity index (χ1v) is 9.03. The van der Waals surface area contributed by atoms with Crippen molar-refractivity contribution >= 4 is 17.2 Å². The van der Waals surface area contributed by atoms with Gasteiger partial charge >= 0.3 is 0 Å². The summed E-state index contributed by atoms with van der Waals surface area (Å²) in [5.41, 5.74) is 1.04. The Labute approximate surface area is 160 Å². The maximum absolute atomic E-state index is 12.5. The highest BCUT2D eigenvalue weighted by atomic mass is 32.1. The van der Waals surface area contributed by atoms with Gasteiger partial charge in [-0.2, -0.15) is 0 Å². The van der Waals surface area contributed by atoms with Crippen molar-refractivity contribution in [3.63, 3.8) is 0 Å². The second-order valence-electron chi connectivity index (χ2n) is 5.64. The van der Waals surface area contributed by atoms with E-state index in [-0.39, 0.29) is 12.5 Å². The van der Waals surface area contributed by atoms with Crippen LogP contribution in [-0.2, 0) is 6.54 Å². The van der Waals surface area contributed by atoms with E-state index in [0.717, 1.165) is 5.76 Å². The van der Waals surface area contributed by atoms with E-state index >= 15 is 0 Å². The van der Waals surface area contributed by atoms with Gasteiger partial charge in [0.2, 0.25) is 0 Å². The van der Waals surface area contributed by atoms with Crippen LogP contribution in [0.5, 0.6) is 17.2 Å². The molecule has 0 atom stereocenters. The summed E-state index contributed by atoms with van der Waals surface area (Å²) in [5, 5.41) is 5.21. The second-order valence-corrected chi connectivity index (χ2v) is 6.50. The van der Waals surface area contributed by atoms with E-state index in [1.165, 1.54) is 11.3 Å². The molecular formula is C19H20N2O5S. The van der Waals surface area contributed by atoms with Crippen LogP contribution >= 0.6 is 11.3 Å². The van der Waals surface area contributed by atoms with Crippen LogP contribution in [0.3, 0.4) is 0 Å². The molecule has 0 saturated carbocycles. The van der Waals surface area contributed by atoms with Gasteiger partial charge in [0.05, 0.1) is 33.4 Å². The lowest BCUT2D eigenvalue weighted by molar-refractivity contribution is 0.0946. The fraction of sp³-hybridized carbons (Fsp3) is 0.263. The largest absolute Gasteiger partial charge is 0.496 e. The van der Waals surface area contributed by atoms with Gasteiger partial charge in [0.25, 0.3) is 5.91 Å². The normalized spacial score (nSPS) is 10.5. The molecule has 2 aromatic heterocycles. The average Bonchev–Trinajstić information content (AvgIpc) is 3.34. The number of aryl methyl sites for hydroxylation is 1. The molecule has 0 radical (unpaired) electrons. The minimum absolute atomic E-state index is 0.224. The molecule has 1 aromatic carbocycles. The van der Waals surface area contributed by atoms with Crippen molar-refractivity contribution in [3.05, 3.63) is 46.7 Å². The Morgan fingerprint density at radius 1 is 1.15 bits per heavy atom. The van der Waals surface area contributed by atoms with Gasteiger partial charge in [0, 0.05) is 17.5 Å². The van der Waals surface area contributed by atoms with Gasteiger partial charge in [-0.1, -0.05) is 0 Å². The number of hydrogen-bond acceptors (Lipinski definition) is 7. The van der Waals surface area contributed by atoms with Gasteiger partial charge in [-0.15, -0.1) is 11.3 Å². The number of furan rings is 1. The highest BCUT2D eigenvalue weighted by molar-refractivity contribution is 7.13. The van der Waals surface area contributed by atoms with Crippen LogP contribution in [0.25, 0.3) is 10.8 Å². The molecule has 0 aliphatic carbocycles. The molecule has 0 bridgehead atoms. The van der Waals surface area contributed by atoms with E-state index < -0.39 is 0 Å². The average molecular weight is 388 g/mol. The highest BCUT2D eigenvalue weighted by Gasteiger charge is 2.17. The second kappa shape index (κ2) is 8.13. The van der Waals surface area contributed by atoms with E-state index in [4.69, 9.17) is 18.6 Å². The van der Waals surface area contributed by atoms with E-state index in [9.17, 15) is 4.79 Å². The van der Waals surface area contributed by atoms with Crippen molar-refractivity contribution in [2.45, 2.75) is 13.5 Å². The van der Waals surface area contributed by atoms with Crippen molar-refractivity contribution in [1.29, 1.82) is 0 Å². The van der Waals surface area contributed by atoms with Crippen molar-refractivity contribution in [2.24, 2.45) is 0 Å². The van der Waals surface area contributed by atoms with Gasteiger partial charge < -0.3 is 23.9 Å². The van der Waals surface area contributed by atoms with Crippen LogP contribution in [0, 0.1) is 6.92 Å². The van der Waals surface area contributed by atoms with Gasteiger partial charge in [-0.3, -0.25) is 4.79 Å². The molecule has 0 aliphatic rings. The SMILES string of the molecule is COc1cc(OC)c(CNC(=O)c2csc(-c3ccc(C)o3)n2)c(OC)c1. The molecule has 3 rings (SSSR count). The van der Waals surface area contributed by atoms with Crippen LogP contribution < -0.4 is 19.5 Å². The lowest BCUT2D eigenvalue weighted by Gasteiger charge is -2.15. The number of aromatic nitrogens is 1. The molecule has 142 valence electrons. The molecule has 27 heavy (non-hydrogen) atoms. The minimum atomic E-state index is -0.291. The van der Waals surface area contributed by atoms with Gasteiger partial charge in [0.15, 0.2) is 10.8 Å². The zero-order valence-corrected chi connectivity index (χ0v) is 16.3. The number of carbonyl (C=O) groups is 1. The summed E-state index contributed by atoms with van der Waals surface area (Å²) >= 11 is 1.35. The number of thiazole rings is 1. The maximum Gasteiger partial charge on any atom is 0.271 e. The monoisotopic (exact) mass is 388 g/mol. The molecule has 2 heterocycles. The molecule has 1 amide bonds. The van der Waals surface area contributed by atoms with E-state index in [0.29, 0.717) is 39.3 Å². The first-order chi connectivity index (χ1) is 13.0. The fourth-order valence-electron chi connectivity index (χ4n) is 2.55. The van der Waals surface area contributed by atoms with Crippen LogP contribution in [0.15, 0.2) is 34.1 Å². The van der Waals surface area contributed by atoms with Gasteiger partial charge in [0.1, 0.15) is 28.7 Å². The number of methoxy groups -OCH3 is 3. The third-order valence-electron chi connectivity index (χ3n) is 3.93. The van der Waals surface area contributed by atoms with E-state index in [1.54, 1.807) is 38.8 Å². The molecule has 0 fully saturated rings. The molecule has 0 unspecified atom stereocenters. The Balaban J connectivity index is 1.75. The van der Waals surface area contributed by atoms with Crippen LogP contribution in [0.2, 0.25) is 0 Å². The summed E-state index contributed by atoms with van der Waals surface area (Å²) in [6.45, 7) is 2.09. The summed E-state index contributed by atoms with van der Waals surface area (Å²) < 4.78 is 21.6. The Morgan fingerprint density at radius 2 is 1.85 bits per heavy atom. The number of nitrogens with zero attached hydrogens (tertiary/aromatic N) is 1. The van der Waals surface area contributed by atoms with Crippen LogP contribution in [0.4, 0.5) is 0 Å². The Bertz CT molecular complexity index is 922. The van der Waals surface area contributed by atoms with Crippen molar-refractivity contribution < 1.29 is 23.4 Å². The Kier molecular flexibility index (Phi) is 5.66. The Hall–Kier alpha value is -3.00. The van der Waals surface area contributed by atoms with Gasteiger partial charge in [-0.05, 0) is 19.1 Å². The molecule has 0 spiro atoms. The number of benzene rings is 1. The molecule has 8 heteroatoms. The molecule has 7 nitrogen and oxygen atoms in total. The van der Waals surface area contributed by atoms with Gasteiger partial charge in [-0.25, -0.2) is 4.98 Å². The zero-order valence-electron chi connectivity index (χ0n) is 15.5. The quantitative estimate of drug-likeness (QED) is 0.665. The summed E-state index contributed by atoms with van der Waals surface area (Å²) in [6, 6.07) is 7.18. The van der Waals surface area contributed by atoms with Crippen molar-refractivity contribution in [2.75, 3.05) is 21.3 Å². The molecular weight excluding hydrogens is 368 g/mol. The topological polar surface area (TPSA) is 82.8 Å². The van der Waals surface area contributed by atoms with Crippen LogP contribution in [0.1, 0.15) is 21.8 Å². The standard InChI is InChI=1S/C19H20N2O5S/c1-11-5-6-15(26-11)19-21-14(10-27-19)18(22)20-9-13-16(24-3)7-12(23-2)8-17(13)25-4/h5-8,10H,9H2,1-4H3,(H,20,22). The minimum Gasteiger partial charge on any atom is -0.496 e. The van der Waals surface area contributed by atoms with E-state index in [1.807, 2.05) is 19.1 Å². The van der Waals surface area contributed by atoms with Crippen molar-refractivity contribution in [3.8, 4) is 28.0 Å². The molecule has 3 aromatic rings. The van der Waals surface area contributed by atoms with E-state index in [2.05, 4.69) is 10.3 Å². The highest BCUT2D eigenvalue weighted by Crippen LogP contribution is 2.34. The number of hydrogen-bond donors (Lipinski definition) is 1. The molecule has 1 N–H and O–H groups in total. The third kappa shape index (κ3) is 4.06. The summed E-state index contributed by atoms with van der Waals surface area (Å²) in [4.78, 5) is 16.8. The number of rotatable bonds is 7. The predicted molar refractivity (Wildman–Crippen MR) is 102 cm³/mol. The first kappa shape index (κ1) is 18.8. The number of ether oxygens (including phenoxy) is 3. The summed E-state index contributed by atoms with van der Waals surface area (Å²) in [6.07, 6.45) is 0. The third-order valence-corrected chi connectivity index (χ3v) is 4.79. The lowest BCUT2D eigenvalue weighted by atomic mass is 10.1. The summed E-state index contributed by atoms with van der Waals surface area (Å²) in [7, 11) is 4.67. The molecule has 0 saturated heterocycles. The lowest BCUT2D eigenvalue weighted by Crippen LogP contribution is -2.23. The fourth-order valence-corrected chi connectivity index (χ4v) is 3.31. The smallest absolute Gasteiger partial charge is 0.271 e. The predicted octanol–water partition coefficient (Wildman–Crippen LogP) is 3.67.